The van der Waals surface area contributed by atoms with E-state index < -0.39 is 6.10 Å². The number of nitrogens with zero attached hydrogens (tertiary/aromatic N) is 1. The Hall–Kier alpha value is -1.80. The molecule has 2 rings (SSSR count). The molecule has 0 aliphatic heterocycles. The third-order valence-corrected chi connectivity index (χ3v) is 3.42. The molecule has 0 bridgehead atoms. The Morgan fingerprint density at radius 3 is 2.21 bits per heavy atom. The summed E-state index contributed by atoms with van der Waals surface area (Å²) in [6.45, 7) is 2.74. The summed E-state index contributed by atoms with van der Waals surface area (Å²) in [5, 5.41) is 10.2. The predicted molar refractivity (Wildman–Crippen MR) is 80.5 cm³/mol. The molecule has 2 aromatic carbocycles. The van der Waals surface area contributed by atoms with Gasteiger partial charge in [-0.15, -0.1) is 0 Å². The molecule has 100 valence electrons. The van der Waals surface area contributed by atoms with Crippen LogP contribution >= 0.6 is 0 Å². The average molecular weight is 255 g/mol. The number of hydrogen-bond donors (Lipinski definition) is 1. The lowest BCUT2D eigenvalue weighted by Gasteiger charge is -2.23. The fourth-order valence-electron chi connectivity index (χ4n) is 2.13. The fourth-order valence-corrected chi connectivity index (χ4v) is 2.13. The largest absolute Gasteiger partial charge is 0.387 e. The lowest BCUT2D eigenvalue weighted by Crippen LogP contribution is -2.24. The summed E-state index contributed by atoms with van der Waals surface area (Å²) < 4.78 is 0. The van der Waals surface area contributed by atoms with Crippen molar-refractivity contribution in [2.45, 2.75) is 19.4 Å². The summed E-state index contributed by atoms with van der Waals surface area (Å²) in [6, 6.07) is 18.3. The lowest BCUT2D eigenvalue weighted by molar-refractivity contribution is 0.185. The average Bonchev–Trinajstić information content (AvgIpc) is 2.48. The van der Waals surface area contributed by atoms with E-state index >= 15 is 0 Å². The van der Waals surface area contributed by atoms with Crippen LogP contribution in [0.5, 0.6) is 0 Å². The second kappa shape index (κ2) is 6.39. The minimum atomic E-state index is -0.461. The maximum absolute atomic E-state index is 10.2. The third-order valence-electron chi connectivity index (χ3n) is 3.42. The molecule has 0 radical (unpaired) electrons. The standard InChI is InChI=1S/C17H21NO/c1-3-14-9-11-16(12-10-14)18(2)13-17(19)15-7-5-4-6-8-15/h4-12,17,19H,3,13H2,1-2H3. The Balaban J connectivity index is 2.02. The number of aliphatic hydroxyl groups is 1. The van der Waals surface area contributed by atoms with Crippen LogP contribution in [0.1, 0.15) is 24.2 Å². The highest BCUT2D eigenvalue weighted by Gasteiger charge is 2.10. The molecule has 0 aliphatic rings. The van der Waals surface area contributed by atoms with Crippen LogP contribution in [0.2, 0.25) is 0 Å². The first-order valence-corrected chi connectivity index (χ1v) is 6.73. The molecule has 2 nitrogen and oxygen atoms in total. The molecule has 0 spiro atoms. The molecule has 0 saturated heterocycles. The van der Waals surface area contributed by atoms with Gasteiger partial charge in [-0.3, -0.25) is 0 Å². The van der Waals surface area contributed by atoms with E-state index in [1.807, 2.05) is 37.4 Å². The molecule has 0 aromatic heterocycles. The number of likely N-dealkylation sites (N-methyl/N-ethyl adjacent to an activating group) is 1. The highest BCUT2D eigenvalue weighted by Crippen LogP contribution is 2.19. The molecule has 2 aromatic rings. The van der Waals surface area contributed by atoms with E-state index in [-0.39, 0.29) is 0 Å². The lowest BCUT2D eigenvalue weighted by atomic mass is 10.1. The van der Waals surface area contributed by atoms with E-state index in [0.29, 0.717) is 6.54 Å². The fraction of sp³-hybridized carbons (Fsp3) is 0.294. The van der Waals surface area contributed by atoms with Gasteiger partial charge in [-0.1, -0.05) is 49.4 Å². The molecular weight excluding hydrogens is 234 g/mol. The van der Waals surface area contributed by atoms with Crippen LogP contribution in [-0.2, 0) is 6.42 Å². The molecule has 19 heavy (non-hydrogen) atoms. The van der Waals surface area contributed by atoms with E-state index in [2.05, 4.69) is 36.1 Å². The van der Waals surface area contributed by atoms with Gasteiger partial charge in [0.25, 0.3) is 0 Å². The molecule has 0 aliphatic carbocycles. The second-order valence-electron chi connectivity index (χ2n) is 4.83. The van der Waals surface area contributed by atoms with E-state index in [1.54, 1.807) is 0 Å². The molecule has 0 fully saturated rings. The maximum atomic E-state index is 10.2. The first-order valence-electron chi connectivity index (χ1n) is 6.73. The van der Waals surface area contributed by atoms with Crippen LogP contribution in [-0.4, -0.2) is 18.7 Å². The minimum absolute atomic E-state index is 0.461. The first kappa shape index (κ1) is 13.6. The van der Waals surface area contributed by atoms with Gasteiger partial charge in [-0.2, -0.15) is 0 Å². The number of anilines is 1. The monoisotopic (exact) mass is 255 g/mol. The van der Waals surface area contributed by atoms with Crippen LogP contribution in [0.15, 0.2) is 54.6 Å². The van der Waals surface area contributed by atoms with Crippen molar-refractivity contribution in [2.24, 2.45) is 0 Å². The number of rotatable bonds is 5. The van der Waals surface area contributed by atoms with Crippen molar-refractivity contribution in [3.63, 3.8) is 0 Å². The number of aryl methyl sites for hydroxylation is 1. The highest BCUT2D eigenvalue weighted by atomic mass is 16.3. The van der Waals surface area contributed by atoms with Crippen LogP contribution in [0.4, 0.5) is 5.69 Å². The van der Waals surface area contributed by atoms with Gasteiger partial charge in [0.15, 0.2) is 0 Å². The third kappa shape index (κ3) is 3.58. The number of hydrogen-bond acceptors (Lipinski definition) is 2. The zero-order valence-corrected chi connectivity index (χ0v) is 11.6. The summed E-state index contributed by atoms with van der Waals surface area (Å²) in [7, 11) is 2.01. The Kier molecular flexibility index (Phi) is 4.58. The normalized spacial score (nSPS) is 12.2. The Morgan fingerprint density at radius 1 is 1.00 bits per heavy atom. The minimum Gasteiger partial charge on any atom is -0.387 e. The number of benzene rings is 2. The van der Waals surface area contributed by atoms with Crippen molar-refractivity contribution in [3.8, 4) is 0 Å². The predicted octanol–water partition coefficient (Wildman–Crippen LogP) is 3.42. The molecule has 1 unspecified atom stereocenters. The molecule has 2 heteroatoms. The Morgan fingerprint density at radius 2 is 1.63 bits per heavy atom. The second-order valence-corrected chi connectivity index (χ2v) is 4.83. The van der Waals surface area contributed by atoms with Crippen molar-refractivity contribution in [1.29, 1.82) is 0 Å². The van der Waals surface area contributed by atoms with Crippen molar-refractivity contribution in [1.82, 2.24) is 0 Å². The Bertz CT molecular complexity index is 492. The van der Waals surface area contributed by atoms with Crippen LogP contribution in [0.3, 0.4) is 0 Å². The van der Waals surface area contributed by atoms with Gasteiger partial charge in [-0.25, -0.2) is 0 Å². The van der Waals surface area contributed by atoms with Crippen molar-refractivity contribution in [2.75, 3.05) is 18.5 Å². The van der Waals surface area contributed by atoms with Gasteiger partial charge in [0.05, 0.1) is 6.10 Å². The SMILES string of the molecule is CCc1ccc(N(C)CC(O)c2ccccc2)cc1. The molecular formula is C17H21NO. The van der Waals surface area contributed by atoms with Gasteiger partial charge >= 0.3 is 0 Å². The molecule has 1 N–H and O–H groups in total. The van der Waals surface area contributed by atoms with E-state index in [0.717, 1.165) is 17.7 Å². The van der Waals surface area contributed by atoms with E-state index in [9.17, 15) is 5.11 Å². The van der Waals surface area contributed by atoms with Gasteiger partial charge < -0.3 is 10.0 Å². The zero-order valence-electron chi connectivity index (χ0n) is 11.6. The van der Waals surface area contributed by atoms with Crippen LogP contribution in [0, 0.1) is 0 Å². The van der Waals surface area contributed by atoms with Crippen molar-refractivity contribution >= 4 is 5.69 Å². The highest BCUT2D eigenvalue weighted by molar-refractivity contribution is 5.47. The zero-order chi connectivity index (χ0) is 13.7. The smallest absolute Gasteiger partial charge is 0.0964 e. The van der Waals surface area contributed by atoms with Crippen LogP contribution in [0.25, 0.3) is 0 Å². The molecule has 0 heterocycles. The summed E-state index contributed by atoms with van der Waals surface area (Å²) in [5.74, 6) is 0. The molecule has 1 atom stereocenters. The van der Waals surface area contributed by atoms with Crippen molar-refractivity contribution in [3.05, 3.63) is 65.7 Å². The van der Waals surface area contributed by atoms with Gasteiger partial charge in [0.2, 0.25) is 0 Å². The van der Waals surface area contributed by atoms with E-state index in [1.165, 1.54) is 5.56 Å². The summed E-state index contributed by atoms with van der Waals surface area (Å²) in [5.41, 5.74) is 3.42. The van der Waals surface area contributed by atoms with E-state index in [4.69, 9.17) is 0 Å². The summed E-state index contributed by atoms with van der Waals surface area (Å²) >= 11 is 0. The quantitative estimate of drug-likeness (QED) is 0.885. The van der Waals surface area contributed by atoms with Gasteiger partial charge in [0, 0.05) is 19.3 Å². The number of aliphatic hydroxyl groups excluding tert-OH is 1. The maximum Gasteiger partial charge on any atom is 0.0964 e. The topological polar surface area (TPSA) is 23.5 Å². The summed E-state index contributed by atoms with van der Waals surface area (Å²) in [4.78, 5) is 2.08. The van der Waals surface area contributed by atoms with Crippen LogP contribution < -0.4 is 4.90 Å². The first-order chi connectivity index (χ1) is 9.20. The summed E-state index contributed by atoms with van der Waals surface area (Å²) in [6.07, 6.45) is 0.591. The molecule has 0 saturated carbocycles. The van der Waals surface area contributed by atoms with Gasteiger partial charge in [-0.05, 0) is 29.7 Å². The molecule has 0 amide bonds. The Labute approximate surface area is 115 Å². The van der Waals surface area contributed by atoms with Gasteiger partial charge in [0.1, 0.15) is 0 Å². The van der Waals surface area contributed by atoms with Crippen molar-refractivity contribution < 1.29 is 5.11 Å².